The van der Waals surface area contributed by atoms with Crippen molar-refractivity contribution in [1.29, 1.82) is 0 Å². The van der Waals surface area contributed by atoms with Crippen LogP contribution in [0.1, 0.15) is 31.7 Å². The van der Waals surface area contributed by atoms with Gasteiger partial charge >= 0.3 is 0 Å². The molecule has 70 valence electrons. The Morgan fingerprint density at radius 2 is 2.15 bits per heavy atom. The van der Waals surface area contributed by atoms with Gasteiger partial charge in [-0.15, -0.1) is 0 Å². The van der Waals surface area contributed by atoms with Gasteiger partial charge in [-0.05, 0) is 31.4 Å². The van der Waals surface area contributed by atoms with Gasteiger partial charge in [-0.25, -0.2) is 0 Å². The molecule has 2 atom stereocenters. The lowest BCUT2D eigenvalue weighted by Gasteiger charge is -2.29. The van der Waals surface area contributed by atoms with Crippen molar-refractivity contribution >= 4 is 5.69 Å². The highest BCUT2D eigenvalue weighted by Gasteiger charge is 2.22. The van der Waals surface area contributed by atoms with E-state index in [9.17, 15) is 5.11 Å². The minimum atomic E-state index is 0.421. The minimum Gasteiger partial charge on any atom is -0.508 e. The molecule has 0 radical (unpaired) electrons. The van der Waals surface area contributed by atoms with E-state index in [1.54, 1.807) is 6.07 Å². The molecule has 2 N–H and O–H groups in total. The largest absolute Gasteiger partial charge is 0.508 e. The van der Waals surface area contributed by atoms with Crippen molar-refractivity contribution in [3.05, 3.63) is 23.8 Å². The van der Waals surface area contributed by atoms with Gasteiger partial charge in [0.1, 0.15) is 5.75 Å². The van der Waals surface area contributed by atoms with Crippen LogP contribution in [0.4, 0.5) is 5.69 Å². The first-order valence-electron chi connectivity index (χ1n) is 4.77. The van der Waals surface area contributed by atoms with E-state index in [1.165, 1.54) is 0 Å². The second-order valence-electron chi connectivity index (χ2n) is 3.92. The van der Waals surface area contributed by atoms with Gasteiger partial charge in [0, 0.05) is 17.3 Å². The zero-order valence-corrected chi connectivity index (χ0v) is 8.04. The number of hydrogen-bond acceptors (Lipinski definition) is 2. The fourth-order valence-corrected chi connectivity index (χ4v) is 2.17. The molecule has 0 saturated carbocycles. The normalized spacial score (nSPS) is 26.3. The SMILES string of the molecule is CC1CC(C)c2c(O)cccc2N1. The summed E-state index contributed by atoms with van der Waals surface area (Å²) >= 11 is 0. The Labute approximate surface area is 78.6 Å². The fourth-order valence-electron chi connectivity index (χ4n) is 2.17. The number of rotatable bonds is 0. The zero-order valence-electron chi connectivity index (χ0n) is 8.04. The second-order valence-corrected chi connectivity index (χ2v) is 3.92. The van der Waals surface area contributed by atoms with Gasteiger partial charge in [-0.3, -0.25) is 0 Å². The second kappa shape index (κ2) is 2.95. The Kier molecular flexibility index (Phi) is 1.91. The lowest BCUT2D eigenvalue weighted by molar-refractivity contribution is 0.454. The maximum absolute atomic E-state index is 9.67. The summed E-state index contributed by atoms with van der Waals surface area (Å²) in [6, 6.07) is 6.17. The molecule has 0 aromatic heterocycles. The summed E-state index contributed by atoms with van der Waals surface area (Å²) in [5.74, 6) is 0.872. The summed E-state index contributed by atoms with van der Waals surface area (Å²) in [5, 5.41) is 13.0. The maximum Gasteiger partial charge on any atom is 0.121 e. The highest BCUT2D eigenvalue weighted by atomic mass is 16.3. The van der Waals surface area contributed by atoms with Crippen molar-refractivity contribution in [3.63, 3.8) is 0 Å². The Morgan fingerprint density at radius 1 is 1.38 bits per heavy atom. The number of anilines is 1. The third kappa shape index (κ3) is 1.37. The molecule has 1 aromatic rings. The smallest absolute Gasteiger partial charge is 0.121 e. The number of phenols is 1. The van der Waals surface area contributed by atoms with Gasteiger partial charge in [0.05, 0.1) is 0 Å². The predicted octanol–water partition coefficient (Wildman–Crippen LogP) is 2.70. The third-order valence-electron chi connectivity index (χ3n) is 2.68. The van der Waals surface area contributed by atoms with Crippen LogP contribution in [0.15, 0.2) is 18.2 Å². The summed E-state index contributed by atoms with van der Waals surface area (Å²) in [6.07, 6.45) is 1.09. The van der Waals surface area contributed by atoms with E-state index in [-0.39, 0.29) is 0 Å². The van der Waals surface area contributed by atoms with Gasteiger partial charge < -0.3 is 10.4 Å². The summed E-state index contributed by atoms with van der Waals surface area (Å²) in [5.41, 5.74) is 2.16. The van der Waals surface area contributed by atoms with E-state index in [4.69, 9.17) is 0 Å². The molecule has 0 bridgehead atoms. The molecule has 1 aliphatic heterocycles. The minimum absolute atomic E-state index is 0.421. The van der Waals surface area contributed by atoms with E-state index in [0.29, 0.717) is 17.7 Å². The van der Waals surface area contributed by atoms with Gasteiger partial charge in [-0.2, -0.15) is 0 Å². The molecule has 2 nitrogen and oxygen atoms in total. The molecule has 2 heteroatoms. The Bertz CT molecular complexity index is 322. The van der Waals surface area contributed by atoms with Crippen molar-refractivity contribution in [1.82, 2.24) is 0 Å². The molecule has 2 unspecified atom stereocenters. The van der Waals surface area contributed by atoms with Crippen LogP contribution in [0.25, 0.3) is 0 Å². The third-order valence-corrected chi connectivity index (χ3v) is 2.68. The van der Waals surface area contributed by atoms with Crippen LogP contribution in [-0.4, -0.2) is 11.1 Å². The molecule has 0 fully saturated rings. The standard InChI is InChI=1S/C11H15NO/c1-7-6-8(2)12-9-4-3-5-10(13)11(7)9/h3-5,7-8,12-13H,6H2,1-2H3. The summed E-state index contributed by atoms with van der Waals surface area (Å²) in [4.78, 5) is 0. The molecule has 0 saturated heterocycles. The Hall–Kier alpha value is -1.18. The maximum atomic E-state index is 9.67. The first-order chi connectivity index (χ1) is 6.18. The van der Waals surface area contributed by atoms with Crippen molar-refractivity contribution < 1.29 is 5.11 Å². The zero-order chi connectivity index (χ0) is 9.42. The lowest BCUT2D eigenvalue weighted by atomic mass is 9.88. The molecule has 1 heterocycles. The average Bonchev–Trinajstić information content (AvgIpc) is 2.02. The molecule has 0 spiro atoms. The molecule has 13 heavy (non-hydrogen) atoms. The van der Waals surface area contributed by atoms with Crippen LogP contribution in [-0.2, 0) is 0 Å². The van der Waals surface area contributed by atoms with Crippen LogP contribution in [0.5, 0.6) is 5.75 Å². The highest BCUT2D eigenvalue weighted by molar-refractivity contribution is 5.60. The highest BCUT2D eigenvalue weighted by Crippen LogP contribution is 2.39. The molecule has 2 rings (SSSR count). The topological polar surface area (TPSA) is 32.3 Å². The van der Waals surface area contributed by atoms with Crippen molar-refractivity contribution in [2.24, 2.45) is 0 Å². The molecule has 1 aliphatic rings. The number of aromatic hydroxyl groups is 1. The number of phenolic OH excluding ortho intramolecular Hbond substituents is 1. The van der Waals surface area contributed by atoms with Crippen LogP contribution in [0, 0.1) is 0 Å². The van der Waals surface area contributed by atoms with E-state index < -0.39 is 0 Å². The van der Waals surface area contributed by atoms with Gasteiger partial charge in [0.25, 0.3) is 0 Å². The molecular formula is C11H15NO. The van der Waals surface area contributed by atoms with Gasteiger partial charge in [-0.1, -0.05) is 13.0 Å². The Morgan fingerprint density at radius 3 is 2.92 bits per heavy atom. The molecular weight excluding hydrogens is 162 g/mol. The number of hydrogen-bond donors (Lipinski definition) is 2. The monoisotopic (exact) mass is 177 g/mol. The van der Waals surface area contributed by atoms with E-state index in [1.807, 2.05) is 12.1 Å². The quantitative estimate of drug-likeness (QED) is 0.638. The van der Waals surface area contributed by atoms with E-state index >= 15 is 0 Å². The first-order valence-corrected chi connectivity index (χ1v) is 4.77. The van der Waals surface area contributed by atoms with Crippen LogP contribution in [0.3, 0.4) is 0 Å². The van der Waals surface area contributed by atoms with E-state index in [0.717, 1.165) is 17.7 Å². The predicted molar refractivity (Wildman–Crippen MR) is 54.2 cm³/mol. The van der Waals surface area contributed by atoms with E-state index in [2.05, 4.69) is 19.2 Å². The van der Waals surface area contributed by atoms with Crippen molar-refractivity contribution in [3.8, 4) is 5.75 Å². The Balaban J connectivity index is 2.49. The molecule has 1 aromatic carbocycles. The summed E-state index contributed by atoms with van der Waals surface area (Å²) in [7, 11) is 0. The summed E-state index contributed by atoms with van der Waals surface area (Å²) < 4.78 is 0. The molecule has 0 amide bonds. The first kappa shape index (κ1) is 8.42. The number of benzene rings is 1. The van der Waals surface area contributed by atoms with Gasteiger partial charge in [0.15, 0.2) is 0 Å². The van der Waals surface area contributed by atoms with Crippen molar-refractivity contribution in [2.75, 3.05) is 5.32 Å². The number of nitrogens with one attached hydrogen (secondary N) is 1. The number of fused-ring (bicyclic) bond motifs is 1. The van der Waals surface area contributed by atoms with Gasteiger partial charge in [0.2, 0.25) is 0 Å². The van der Waals surface area contributed by atoms with Crippen LogP contribution < -0.4 is 5.32 Å². The van der Waals surface area contributed by atoms with Crippen LogP contribution >= 0.6 is 0 Å². The average molecular weight is 177 g/mol. The summed E-state index contributed by atoms with van der Waals surface area (Å²) in [6.45, 7) is 4.33. The van der Waals surface area contributed by atoms with Crippen LogP contribution in [0.2, 0.25) is 0 Å². The van der Waals surface area contributed by atoms with Crippen molar-refractivity contribution in [2.45, 2.75) is 32.2 Å². The fraction of sp³-hybridized carbons (Fsp3) is 0.455. The molecule has 0 aliphatic carbocycles. The lowest BCUT2D eigenvalue weighted by Crippen LogP contribution is -2.24.